The van der Waals surface area contributed by atoms with E-state index in [9.17, 15) is 4.79 Å². The zero-order chi connectivity index (χ0) is 13.2. The molecule has 1 aromatic carbocycles. The summed E-state index contributed by atoms with van der Waals surface area (Å²) >= 11 is 5.82. The second kappa shape index (κ2) is 5.05. The van der Waals surface area contributed by atoms with Crippen molar-refractivity contribution in [2.45, 2.75) is 19.4 Å². The van der Waals surface area contributed by atoms with Gasteiger partial charge in [-0.1, -0.05) is 11.6 Å². The van der Waals surface area contributed by atoms with Crippen molar-refractivity contribution < 1.29 is 4.79 Å². The van der Waals surface area contributed by atoms with Crippen molar-refractivity contribution >= 4 is 23.2 Å². The molecule has 3 rings (SSSR count). The Morgan fingerprint density at radius 2 is 2.16 bits per heavy atom. The van der Waals surface area contributed by atoms with Gasteiger partial charge in [-0.3, -0.25) is 4.79 Å². The summed E-state index contributed by atoms with van der Waals surface area (Å²) in [6.45, 7) is 0.855. The molecule has 1 aromatic heterocycles. The molecule has 98 valence electrons. The van der Waals surface area contributed by atoms with Crippen molar-refractivity contribution in [3.63, 3.8) is 0 Å². The normalized spacial score (nSPS) is 17.8. The van der Waals surface area contributed by atoms with Crippen LogP contribution in [-0.2, 0) is 17.8 Å². The van der Waals surface area contributed by atoms with E-state index in [0.29, 0.717) is 11.4 Å². The lowest BCUT2D eigenvalue weighted by Gasteiger charge is -2.22. The van der Waals surface area contributed by atoms with Crippen LogP contribution in [-0.4, -0.2) is 15.5 Å². The Kier molecular flexibility index (Phi) is 3.25. The van der Waals surface area contributed by atoms with Crippen molar-refractivity contribution in [2.75, 3.05) is 5.32 Å². The zero-order valence-electron chi connectivity index (χ0n) is 10.3. The smallest absolute Gasteiger partial charge is 0.228 e. The number of carbonyl (C=O) groups is 1. The summed E-state index contributed by atoms with van der Waals surface area (Å²) in [5.74, 6) is 1.03. The molecule has 1 atom stereocenters. The molecule has 1 aliphatic rings. The quantitative estimate of drug-likeness (QED) is 0.916. The fraction of sp³-hybridized carbons (Fsp3) is 0.286. The van der Waals surface area contributed by atoms with E-state index >= 15 is 0 Å². The number of anilines is 1. The minimum absolute atomic E-state index is 0.00872. The van der Waals surface area contributed by atoms with Crippen LogP contribution in [0.5, 0.6) is 0 Å². The van der Waals surface area contributed by atoms with Crippen LogP contribution in [0, 0.1) is 5.92 Å². The van der Waals surface area contributed by atoms with E-state index < -0.39 is 0 Å². The first-order chi connectivity index (χ1) is 9.22. The summed E-state index contributed by atoms with van der Waals surface area (Å²) in [4.78, 5) is 16.5. The number of aryl methyl sites for hydroxylation is 1. The van der Waals surface area contributed by atoms with Gasteiger partial charge in [0.25, 0.3) is 0 Å². The van der Waals surface area contributed by atoms with Gasteiger partial charge in [-0.2, -0.15) is 0 Å². The molecule has 1 amide bonds. The highest BCUT2D eigenvalue weighted by atomic mass is 35.5. The maximum Gasteiger partial charge on any atom is 0.228 e. The molecule has 1 aliphatic heterocycles. The molecule has 0 spiro atoms. The Hall–Kier alpha value is -1.81. The minimum Gasteiger partial charge on any atom is -0.335 e. The molecular formula is C14H14ClN3O. The van der Waals surface area contributed by atoms with Gasteiger partial charge in [0.15, 0.2) is 0 Å². The molecule has 0 fully saturated rings. The zero-order valence-corrected chi connectivity index (χ0v) is 11.1. The highest BCUT2D eigenvalue weighted by molar-refractivity contribution is 6.30. The first-order valence-corrected chi connectivity index (χ1v) is 6.66. The van der Waals surface area contributed by atoms with Crippen LogP contribution in [0.25, 0.3) is 0 Å². The van der Waals surface area contributed by atoms with Gasteiger partial charge in [0.2, 0.25) is 5.91 Å². The monoisotopic (exact) mass is 275 g/mol. The number of fused-ring (bicyclic) bond motifs is 1. The van der Waals surface area contributed by atoms with Crippen LogP contribution in [0.3, 0.4) is 0 Å². The number of hydrogen-bond donors (Lipinski definition) is 1. The third-order valence-corrected chi connectivity index (χ3v) is 3.68. The fourth-order valence-electron chi connectivity index (χ4n) is 2.35. The number of nitrogens with one attached hydrogen (secondary N) is 1. The Morgan fingerprint density at radius 3 is 2.95 bits per heavy atom. The van der Waals surface area contributed by atoms with E-state index in [4.69, 9.17) is 11.6 Å². The van der Waals surface area contributed by atoms with E-state index in [2.05, 4.69) is 14.9 Å². The van der Waals surface area contributed by atoms with Crippen LogP contribution in [0.15, 0.2) is 36.7 Å². The molecule has 2 heterocycles. The summed E-state index contributed by atoms with van der Waals surface area (Å²) in [5, 5.41) is 3.59. The first-order valence-electron chi connectivity index (χ1n) is 6.29. The number of benzene rings is 1. The third-order valence-electron chi connectivity index (χ3n) is 3.43. The molecule has 19 heavy (non-hydrogen) atoms. The van der Waals surface area contributed by atoms with Gasteiger partial charge in [-0.15, -0.1) is 0 Å². The first kappa shape index (κ1) is 12.2. The van der Waals surface area contributed by atoms with Gasteiger partial charge in [0, 0.05) is 42.0 Å². The van der Waals surface area contributed by atoms with Gasteiger partial charge in [0.1, 0.15) is 5.82 Å². The summed E-state index contributed by atoms with van der Waals surface area (Å²) in [6.07, 6.45) is 5.30. The maximum atomic E-state index is 12.2. The molecule has 5 heteroatoms. The summed E-state index contributed by atoms with van der Waals surface area (Å²) in [5.41, 5.74) is 0.781. The number of aromatic nitrogens is 2. The van der Waals surface area contributed by atoms with Gasteiger partial charge in [-0.25, -0.2) is 4.98 Å². The van der Waals surface area contributed by atoms with Crippen LogP contribution in [0.1, 0.15) is 12.2 Å². The second-order valence-corrected chi connectivity index (χ2v) is 5.16. The molecule has 4 nitrogen and oxygen atoms in total. The number of amides is 1. The van der Waals surface area contributed by atoms with Crippen LogP contribution in [0.4, 0.5) is 5.69 Å². The fourth-order valence-corrected chi connectivity index (χ4v) is 2.48. The van der Waals surface area contributed by atoms with Crippen LogP contribution >= 0.6 is 11.6 Å². The van der Waals surface area contributed by atoms with Gasteiger partial charge < -0.3 is 9.88 Å². The Bertz CT molecular complexity index is 591. The highest BCUT2D eigenvalue weighted by Crippen LogP contribution is 2.21. The number of nitrogens with zero attached hydrogens (tertiary/aromatic N) is 2. The summed E-state index contributed by atoms with van der Waals surface area (Å²) < 4.78 is 2.10. The highest BCUT2D eigenvalue weighted by Gasteiger charge is 2.25. The van der Waals surface area contributed by atoms with Gasteiger partial charge >= 0.3 is 0 Å². The molecule has 0 saturated heterocycles. The van der Waals surface area contributed by atoms with Crippen molar-refractivity contribution in [3.8, 4) is 0 Å². The van der Waals surface area contributed by atoms with Gasteiger partial charge in [-0.05, 0) is 30.7 Å². The van der Waals surface area contributed by atoms with Crippen molar-refractivity contribution in [2.24, 2.45) is 5.92 Å². The molecule has 0 aliphatic carbocycles. The number of hydrogen-bond acceptors (Lipinski definition) is 2. The average Bonchev–Trinajstić information content (AvgIpc) is 2.88. The average molecular weight is 276 g/mol. The van der Waals surface area contributed by atoms with Crippen LogP contribution < -0.4 is 5.32 Å². The SMILES string of the molecule is O=C(Nc1ccc(Cl)cc1)C1CCn2ccnc2C1. The van der Waals surface area contributed by atoms with Crippen molar-refractivity contribution in [1.82, 2.24) is 9.55 Å². The topological polar surface area (TPSA) is 46.9 Å². The predicted octanol–water partition coefficient (Wildman–Crippen LogP) is 2.74. The van der Waals surface area contributed by atoms with Crippen molar-refractivity contribution in [1.29, 1.82) is 0 Å². The largest absolute Gasteiger partial charge is 0.335 e. The van der Waals surface area contributed by atoms with E-state index in [1.54, 1.807) is 18.3 Å². The molecule has 1 unspecified atom stereocenters. The molecule has 1 N–H and O–H groups in total. The van der Waals surface area contributed by atoms with E-state index in [0.717, 1.165) is 24.5 Å². The van der Waals surface area contributed by atoms with Crippen molar-refractivity contribution in [3.05, 3.63) is 47.5 Å². The lowest BCUT2D eigenvalue weighted by atomic mass is 9.97. The minimum atomic E-state index is -0.00872. The Balaban J connectivity index is 1.67. The molecule has 0 bridgehead atoms. The maximum absolute atomic E-state index is 12.2. The predicted molar refractivity (Wildman–Crippen MR) is 74.1 cm³/mol. The van der Waals surface area contributed by atoms with E-state index in [1.807, 2.05) is 18.3 Å². The number of imidazole rings is 1. The summed E-state index contributed by atoms with van der Waals surface area (Å²) in [6, 6.07) is 7.16. The van der Waals surface area contributed by atoms with Gasteiger partial charge in [0.05, 0.1) is 0 Å². The molecule has 0 saturated carbocycles. The summed E-state index contributed by atoms with van der Waals surface area (Å²) in [7, 11) is 0. The number of carbonyl (C=O) groups excluding carboxylic acids is 1. The standard InChI is InChI=1S/C14H14ClN3O/c15-11-1-3-12(4-2-11)17-14(19)10-5-7-18-8-6-16-13(18)9-10/h1-4,6,8,10H,5,7,9H2,(H,17,19). The second-order valence-electron chi connectivity index (χ2n) is 4.72. The molecule has 0 radical (unpaired) electrons. The lowest BCUT2D eigenvalue weighted by Crippen LogP contribution is -2.30. The van der Waals surface area contributed by atoms with E-state index in [1.165, 1.54) is 0 Å². The van der Waals surface area contributed by atoms with Crippen LogP contribution in [0.2, 0.25) is 5.02 Å². The van der Waals surface area contributed by atoms with E-state index in [-0.39, 0.29) is 11.8 Å². The number of rotatable bonds is 2. The third kappa shape index (κ3) is 2.63. The molecular weight excluding hydrogens is 262 g/mol. The number of halogens is 1. The molecule has 2 aromatic rings. The lowest BCUT2D eigenvalue weighted by molar-refractivity contribution is -0.120. The Labute approximate surface area is 116 Å². The Morgan fingerprint density at radius 1 is 1.37 bits per heavy atom.